The van der Waals surface area contributed by atoms with Gasteiger partial charge in [0.2, 0.25) is 5.91 Å². The predicted molar refractivity (Wildman–Crippen MR) is 89.6 cm³/mol. The molecule has 4 nitrogen and oxygen atoms in total. The summed E-state index contributed by atoms with van der Waals surface area (Å²) >= 11 is 4.49. The second-order valence-electron chi connectivity index (χ2n) is 5.74. The summed E-state index contributed by atoms with van der Waals surface area (Å²) in [5.41, 5.74) is -0.484. The number of anilines is 1. The molecule has 1 rings (SSSR count). The van der Waals surface area contributed by atoms with Crippen molar-refractivity contribution in [1.82, 2.24) is 0 Å². The van der Waals surface area contributed by atoms with E-state index in [2.05, 4.69) is 21.2 Å². The number of carbonyl (C=O) groups excluding carboxylic acids is 2. The van der Waals surface area contributed by atoms with E-state index in [9.17, 15) is 14.0 Å². The summed E-state index contributed by atoms with van der Waals surface area (Å²) < 4.78 is 19.6. The number of amides is 1. The molecule has 0 spiro atoms. The highest BCUT2D eigenvalue weighted by Crippen LogP contribution is 2.35. The van der Waals surface area contributed by atoms with Gasteiger partial charge >= 0.3 is 5.97 Å². The number of esters is 1. The van der Waals surface area contributed by atoms with Crippen molar-refractivity contribution in [2.75, 3.05) is 5.32 Å². The highest BCUT2D eigenvalue weighted by molar-refractivity contribution is 9.10. The maximum absolute atomic E-state index is 13.8. The molecule has 1 amide bonds. The van der Waals surface area contributed by atoms with Crippen LogP contribution in [0.25, 0.3) is 0 Å². The fraction of sp³-hybridized carbons (Fsp3) is 0.467. The first-order valence-electron chi connectivity index (χ1n) is 6.66. The first kappa shape index (κ1) is 19.0. The molecule has 122 valence electrons. The SMILES string of the molecule is CC(=O)Nc1cc(SC(C)C(=O)OC(C)(C)C)c(Br)cc1F. The molecule has 0 saturated carbocycles. The largest absolute Gasteiger partial charge is 0.459 e. The Balaban J connectivity index is 2.92. The maximum Gasteiger partial charge on any atom is 0.319 e. The Labute approximate surface area is 142 Å². The topological polar surface area (TPSA) is 55.4 Å². The predicted octanol–water partition coefficient (Wildman–Crippen LogP) is 4.37. The van der Waals surface area contributed by atoms with Crippen molar-refractivity contribution in [3.8, 4) is 0 Å². The van der Waals surface area contributed by atoms with Crippen LogP contribution in [-0.4, -0.2) is 22.7 Å². The van der Waals surface area contributed by atoms with E-state index in [1.807, 2.05) is 0 Å². The number of halogens is 2. The number of hydrogen-bond acceptors (Lipinski definition) is 4. The Bertz CT molecular complexity index is 587. The van der Waals surface area contributed by atoms with Gasteiger partial charge in [-0.15, -0.1) is 11.8 Å². The number of rotatable bonds is 4. The van der Waals surface area contributed by atoms with Crippen LogP contribution in [0.1, 0.15) is 34.6 Å². The molecule has 22 heavy (non-hydrogen) atoms. The highest BCUT2D eigenvalue weighted by Gasteiger charge is 2.23. The molecule has 1 aromatic rings. The first-order valence-corrected chi connectivity index (χ1v) is 8.33. The van der Waals surface area contributed by atoms with Gasteiger partial charge in [0.05, 0.1) is 5.69 Å². The standard InChI is InChI=1S/C15H19BrFNO3S/c1-8(14(20)21-15(3,4)5)22-13-7-12(18-9(2)19)11(17)6-10(13)16/h6-8H,1-5H3,(H,18,19). The minimum atomic E-state index is -0.562. The van der Waals surface area contributed by atoms with Crippen LogP contribution < -0.4 is 5.32 Å². The Morgan fingerprint density at radius 3 is 2.45 bits per heavy atom. The van der Waals surface area contributed by atoms with Crippen LogP contribution in [0.3, 0.4) is 0 Å². The zero-order valence-corrected chi connectivity index (χ0v) is 15.5. The number of hydrogen-bond donors (Lipinski definition) is 1. The summed E-state index contributed by atoms with van der Waals surface area (Å²) in [4.78, 5) is 23.7. The van der Waals surface area contributed by atoms with Gasteiger partial charge in [0, 0.05) is 16.3 Å². The molecule has 0 bridgehead atoms. The van der Waals surface area contributed by atoms with Gasteiger partial charge < -0.3 is 10.1 Å². The van der Waals surface area contributed by atoms with Crippen molar-refractivity contribution in [1.29, 1.82) is 0 Å². The molecule has 7 heteroatoms. The molecule has 1 N–H and O–H groups in total. The minimum Gasteiger partial charge on any atom is -0.459 e. The molecule has 0 aliphatic carbocycles. The lowest BCUT2D eigenvalue weighted by Gasteiger charge is -2.22. The van der Waals surface area contributed by atoms with Crippen LogP contribution in [0.2, 0.25) is 0 Å². The monoisotopic (exact) mass is 391 g/mol. The van der Waals surface area contributed by atoms with E-state index in [1.54, 1.807) is 27.7 Å². The molecule has 0 heterocycles. The third kappa shape index (κ3) is 5.96. The van der Waals surface area contributed by atoms with Gasteiger partial charge in [0.15, 0.2) is 0 Å². The Morgan fingerprint density at radius 1 is 1.36 bits per heavy atom. The average Bonchev–Trinajstić information content (AvgIpc) is 2.32. The van der Waals surface area contributed by atoms with Gasteiger partial charge in [-0.1, -0.05) is 0 Å². The Morgan fingerprint density at radius 2 is 1.95 bits per heavy atom. The molecular weight excluding hydrogens is 373 g/mol. The zero-order valence-electron chi connectivity index (χ0n) is 13.1. The summed E-state index contributed by atoms with van der Waals surface area (Å²) in [7, 11) is 0. The van der Waals surface area contributed by atoms with Crippen LogP contribution in [0, 0.1) is 5.82 Å². The number of carbonyl (C=O) groups is 2. The summed E-state index contributed by atoms with van der Waals surface area (Å²) in [5, 5.41) is 1.95. The van der Waals surface area contributed by atoms with Gasteiger partial charge in [-0.2, -0.15) is 0 Å². The van der Waals surface area contributed by atoms with Crippen LogP contribution in [0.5, 0.6) is 0 Å². The van der Waals surface area contributed by atoms with Gasteiger partial charge in [-0.25, -0.2) is 4.39 Å². The number of ether oxygens (including phenoxy) is 1. The van der Waals surface area contributed by atoms with Crippen molar-refractivity contribution < 1.29 is 18.7 Å². The summed E-state index contributed by atoms with van der Waals surface area (Å²) in [6.07, 6.45) is 0. The van der Waals surface area contributed by atoms with E-state index in [0.29, 0.717) is 9.37 Å². The average molecular weight is 392 g/mol. The third-order valence-corrected chi connectivity index (χ3v) is 4.43. The number of nitrogens with one attached hydrogen (secondary N) is 1. The van der Waals surface area contributed by atoms with Crippen molar-refractivity contribution in [3.05, 3.63) is 22.4 Å². The highest BCUT2D eigenvalue weighted by atomic mass is 79.9. The molecule has 0 aliphatic heterocycles. The Kier molecular flexibility index (Phi) is 6.43. The van der Waals surface area contributed by atoms with E-state index in [-0.39, 0.29) is 17.6 Å². The van der Waals surface area contributed by atoms with E-state index in [0.717, 1.165) is 0 Å². The zero-order chi connectivity index (χ0) is 17.1. The molecular formula is C15H19BrFNO3S. The maximum atomic E-state index is 13.8. The fourth-order valence-electron chi connectivity index (χ4n) is 1.53. The van der Waals surface area contributed by atoms with E-state index in [4.69, 9.17) is 4.74 Å². The first-order chi connectivity index (χ1) is 9.99. The smallest absolute Gasteiger partial charge is 0.319 e. The molecule has 1 unspecified atom stereocenters. The molecule has 0 saturated heterocycles. The van der Waals surface area contributed by atoms with Crippen molar-refractivity contribution in [2.24, 2.45) is 0 Å². The summed E-state index contributed by atoms with van der Waals surface area (Å²) in [6.45, 7) is 8.41. The lowest BCUT2D eigenvalue weighted by molar-refractivity contribution is -0.153. The van der Waals surface area contributed by atoms with Crippen LogP contribution in [-0.2, 0) is 14.3 Å². The summed E-state index contributed by atoms with van der Waals surface area (Å²) in [6, 6.07) is 2.75. The molecule has 0 fully saturated rings. The summed E-state index contributed by atoms with van der Waals surface area (Å²) in [5.74, 6) is -1.26. The molecule has 1 aromatic carbocycles. The van der Waals surface area contributed by atoms with E-state index < -0.39 is 16.7 Å². The van der Waals surface area contributed by atoms with E-state index in [1.165, 1.54) is 30.8 Å². The van der Waals surface area contributed by atoms with Crippen molar-refractivity contribution >= 4 is 45.3 Å². The Hall–Kier alpha value is -1.08. The van der Waals surface area contributed by atoms with Gasteiger partial charge in [-0.05, 0) is 55.8 Å². The second-order valence-corrected chi connectivity index (χ2v) is 7.97. The van der Waals surface area contributed by atoms with E-state index >= 15 is 0 Å². The van der Waals surface area contributed by atoms with Crippen LogP contribution >= 0.6 is 27.7 Å². The second kappa shape index (κ2) is 7.46. The fourth-order valence-corrected chi connectivity index (χ4v) is 3.01. The lowest BCUT2D eigenvalue weighted by atomic mass is 10.2. The van der Waals surface area contributed by atoms with Gasteiger partial charge in [0.1, 0.15) is 16.7 Å². The van der Waals surface area contributed by atoms with Crippen molar-refractivity contribution in [2.45, 2.75) is 50.4 Å². The molecule has 0 aromatic heterocycles. The van der Waals surface area contributed by atoms with Crippen molar-refractivity contribution in [3.63, 3.8) is 0 Å². The molecule has 0 aliphatic rings. The third-order valence-electron chi connectivity index (χ3n) is 2.37. The quantitative estimate of drug-likeness (QED) is 0.611. The van der Waals surface area contributed by atoms with Gasteiger partial charge in [0.25, 0.3) is 0 Å². The van der Waals surface area contributed by atoms with Crippen LogP contribution in [0.4, 0.5) is 10.1 Å². The molecule has 1 atom stereocenters. The lowest BCUT2D eigenvalue weighted by Crippen LogP contribution is -2.28. The molecule has 0 radical (unpaired) electrons. The number of thioether (sulfide) groups is 1. The van der Waals surface area contributed by atoms with Gasteiger partial charge in [-0.3, -0.25) is 9.59 Å². The number of benzene rings is 1. The normalized spacial score (nSPS) is 12.7. The minimum absolute atomic E-state index is 0.0783. The van der Waals surface area contributed by atoms with Crippen LogP contribution in [0.15, 0.2) is 21.5 Å².